The Morgan fingerprint density at radius 2 is 1.58 bits per heavy atom. The van der Waals surface area contributed by atoms with E-state index in [1.165, 1.54) is 0 Å². The molecule has 0 radical (unpaired) electrons. The van der Waals surface area contributed by atoms with E-state index < -0.39 is 11.8 Å². The topological polar surface area (TPSA) is 83.1 Å². The Kier molecular flexibility index (Phi) is 7.72. The molecule has 0 bridgehead atoms. The Bertz CT molecular complexity index is 893. The molecule has 8 heteroatoms. The molecule has 2 N–H and O–H groups in total. The van der Waals surface area contributed by atoms with Crippen molar-refractivity contribution in [3.05, 3.63) is 48.0 Å². The van der Waals surface area contributed by atoms with Gasteiger partial charge >= 0.3 is 11.8 Å². The minimum Gasteiger partial charge on any atom is -0.493 e. The Hall–Kier alpha value is -3.26. The maximum absolute atomic E-state index is 12.2. The maximum Gasteiger partial charge on any atom is 0.313 e. The largest absolute Gasteiger partial charge is 0.493 e. The van der Waals surface area contributed by atoms with Crippen molar-refractivity contribution in [2.75, 3.05) is 64.2 Å². The van der Waals surface area contributed by atoms with Gasteiger partial charge in [-0.2, -0.15) is 0 Å². The van der Waals surface area contributed by atoms with Gasteiger partial charge < -0.3 is 29.9 Å². The molecule has 166 valence electrons. The summed E-state index contributed by atoms with van der Waals surface area (Å²) in [6.07, 6.45) is 0.569. The summed E-state index contributed by atoms with van der Waals surface area (Å²) in [4.78, 5) is 28.9. The van der Waals surface area contributed by atoms with E-state index >= 15 is 0 Å². The molecule has 2 aromatic rings. The van der Waals surface area contributed by atoms with Crippen LogP contribution in [0.25, 0.3) is 0 Å². The highest BCUT2D eigenvalue weighted by molar-refractivity contribution is 6.39. The molecule has 2 aromatic carbocycles. The number of hydrogen-bond acceptors (Lipinski definition) is 6. The lowest BCUT2D eigenvalue weighted by molar-refractivity contribution is -0.136. The van der Waals surface area contributed by atoms with Crippen molar-refractivity contribution in [3.8, 4) is 11.5 Å². The van der Waals surface area contributed by atoms with Crippen LogP contribution in [0.4, 0.5) is 11.4 Å². The van der Waals surface area contributed by atoms with Crippen molar-refractivity contribution >= 4 is 23.2 Å². The van der Waals surface area contributed by atoms with Gasteiger partial charge in [0.2, 0.25) is 0 Å². The molecular weight excluding hydrogens is 396 g/mol. The highest BCUT2D eigenvalue weighted by atomic mass is 16.5. The van der Waals surface area contributed by atoms with E-state index in [9.17, 15) is 9.59 Å². The quantitative estimate of drug-likeness (QED) is 0.657. The van der Waals surface area contributed by atoms with Crippen molar-refractivity contribution in [1.29, 1.82) is 0 Å². The van der Waals surface area contributed by atoms with Gasteiger partial charge in [-0.05, 0) is 55.4 Å². The molecule has 3 rings (SSSR count). The Balaban J connectivity index is 1.45. The van der Waals surface area contributed by atoms with Crippen LogP contribution < -0.4 is 25.0 Å². The predicted molar refractivity (Wildman–Crippen MR) is 121 cm³/mol. The van der Waals surface area contributed by atoms with Crippen LogP contribution in [0.15, 0.2) is 42.5 Å². The van der Waals surface area contributed by atoms with Crippen molar-refractivity contribution in [3.63, 3.8) is 0 Å². The first-order valence-corrected chi connectivity index (χ1v) is 10.3. The number of benzene rings is 2. The Morgan fingerprint density at radius 3 is 2.23 bits per heavy atom. The third-order valence-electron chi connectivity index (χ3n) is 5.35. The Labute approximate surface area is 183 Å². The first-order chi connectivity index (χ1) is 15.0. The summed E-state index contributed by atoms with van der Waals surface area (Å²) < 4.78 is 10.5. The van der Waals surface area contributed by atoms with Crippen molar-refractivity contribution in [2.24, 2.45) is 0 Å². The fourth-order valence-electron chi connectivity index (χ4n) is 3.44. The molecule has 0 saturated carbocycles. The zero-order valence-electron chi connectivity index (χ0n) is 18.3. The maximum atomic E-state index is 12.2. The summed E-state index contributed by atoms with van der Waals surface area (Å²) in [6, 6.07) is 13.1. The summed E-state index contributed by atoms with van der Waals surface area (Å²) in [7, 11) is 5.27. The molecule has 0 aliphatic carbocycles. The number of rotatable bonds is 7. The second kappa shape index (κ2) is 10.7. The molecule has 1 aliphatic rings. The van der Waals surface area contributed by atoms with Crippen LogP contribution in [0.1, 0.15) is 5.56 Å². The van der Waals surface area contributed by atoms with Crippen LogP contribution in [-0.2, 0) is 16.0 Å². The minimum absolute atomic E-state index is 0.337. The molecule has 0 unspecified atom stereocenters. The van der Waals surface area contributed by atoms with Crippen LogP contribution in [-0.4, -0.2) is 70.7 Å². The van der Waals surface area contributed by atoms with E-state index in [0.29, 0.717) is 30.2 Å². The molecule has 8 nitrogen and oxygen atoms in total. The van der Waals surface area contributed by atoms with Crippen LogP contribution in [0, 0.1) is 0 Å². The minimum atomic E-state index is -0.681. The van der Waals surface area contributed by atoms with E-state index in [1.54, 1.807) is 14.2 Å². The van der Waals surface area contributed by atoms with Crippen LogP contribution in [0.5, 0.6) is 11.5 Å². The van der Waals surface area contributed by atoms with Crippen molar-refractivity contribution < 1.29 is 19.1 Å². The zero-order valence-corrected chi connectivity index (χ0v) is 18.3. The molecular formula is C23H30N4O4. The average Bonchev–Trinajstić information content (AvgIpc) is 2.80. The van der Waals surface area contributed by atoms with Crippen molar-refractivity contribution in [1.82, 2.24) is 10.2 Å². The number of nitrogens with one attached hydrogen (secondary N) is 2. The highest BCUT2D eigenvalue weighted by Gasteiger charge is 2.16. The number of carbonyl (C=O) groups is 2. The number of nitrogens with zero attached hydrogens (tertiary/aromatic N) is 2. The molecule has 1 heterocycles. The first-order valence-electron chi connectivity index (χ1n) is 10.3. The number of amides is 2. The molecule has 1 saturated heterocycles. The third kappa shape index (κ3) is 6.11. The lowest BCUT2D eigenvalue weighted by Crippen LogP contribution is -2.44. The van der Waals surface area contributed by atoms with Crippen LogP contribution >= 0.6 is 0 Å². The van der Waals surface area contributed by atoms with E-state index in [4.69, 9.17) is 9.47 Å². The molecule has 0 atom stereocenters. The lowest BCUT2D eigenvalue weighted by atomic mass is 10.1. The first kappa shape index (κ1) is 22.4. The highest BCUT2D eigenvalue weighted by Crippen LogP contribution is 2.27. The number of ether oxygens (including phenoxy) is 2. The molecule has 31 heavy (non-hydrogen) atoms. The summed E-state index contributed by atoms with van der Waals surface area (Å²) in [5.74, 6) is -0.0688. The van der Waals surface area contributed by atoms with Gasteiger partial charge in [0.25, 0.3) is 0 Å². The van der Waals surface area contributed by atoms with E-state index in [2.05, 4.69) is 27.5 Å². The summed E-state index contributed by atoms with van der Waals surface area (Å²) >= 11 is 0. The van der Waals surface area contributed by atoms with Crippen LogP contribution in [0.3, 0.4) is 0 Å². The smallest absolute Gasteiger partial charge is 0.313 e. The van der Waals surface area contributed by atoms with E-state index in [0.717, 1.165) is 37.4 Å². The fourth-order valence-corrected chi connectivity index (χ4v) is 3.44. The van der Waals surface area contributed by atoms with Gasteiger partial charge in [-0.15, -0.1) is 0 Å². The van der Waals surface area contributed by atoms with Crippen LogP contribution in [0.2, 0.25) is 0 Å². The van der Waals surface area contributed by atoms with Gasteiger partial charge in [-0.3, -0.25) is 9.59 Å². The monoisotopic (exact) mass is 426 g/mol. The lowest BCUT2D eigenvalue weighted by Gasteiger charge is -2.34. The number of hydrogen-bond donors (Lipinski definition) is 2. The third-order valence-corrected chi connectivity index (χ3v) is 5.35. The van der Waals surface area contributed by atoms with Gasteiger partial charge in [-0.25, -0.2) is 0 Å². The number of anilines is 2. The van der Waals surface area contributed by atoms with Gasteiger partial charge in [0, 0.05) is 44.1 Å². The second-order valence-electron chi connectivity index (χ2n) is 7.49. The van der Waals surface area contributed by atoms with Crippen molar-refractivity contribution in [2.45, 2.75) is 6.42 Å². The standard InChI is InChI=1S/C23H30N4O4/c1-26-12-14-27(15-13-26)19-7-5-18(6-8-19)25-23(29)22(28)24-11-10-17-4-9-20(30-2)21(16-17)31-3/h4-9,16H,10-15H2,1-3H3,(H,24,28)(H,25,29). The van der Waals surface area contributed by atoms with E-state index in [-0.39, 0.29) is 0 Å². The summed E-state index contributed by atoms with van der Waals surface area (Å²) in [5, 5.41) is 5.30. The fraction of sp³-hybridized carbons (Fsp3) is 0.391. The second-order valence-corrected chi connectivity index (χ2v) is 7.49. The molecule has 0 spiro atoms. The summed E-state index contributed by atoms with van der Waals surface area (Å²) in [6.45, 7) is 4.35. The summed E-state index contributed by atoms with van der Waals surface area (Å²) in [5.41, 5.74) is 2.68. The Morgan fingerprint density at radius 1 is 0.903 bits per heavy atom. The number of piperazine rings is 1. The average molecular weight is 427 g/mol. The number of methoxy groups -OCH3 is 2. The number of likely N-dealkylation sites (N-methyl/N-ethyl adjacent to an activating group) is 1. The number of carbonyl (C=O) groups excluding carboxylic acids is 2. The molecule has 2 amide bonds. The normalized spacial score (nSPS) is 14.1. The van der Waals surface area contributed by atoms with Gasteiger partial charge in [0.1, 0.15) is 0 Å². The molecule has 0 aromatic heterocycles. The predicted octanol–water partition coefficient (Wildman–Crippen LogP) is 1.75. The molecule has 1 aliphatic heterocycles. The van der Waals surface area contributed by atoms with Gasteiger partial charge in [0.15, 0.2) is 11.5 Å². The van der Waals surface area contributed by atoms with Gasteiger partial charge in [0.05, 0.1) is 14.2 Å². The van der Waals surface area contributed by atoms with Gasteiger partial charge in [-0.1, -0.05) is 6.07 Å². The molecule has 1 fully saturated rings. The zero-order chi connectivity index (χ0) is 22.2. The SMILES string of the molecule is COc1ccc(CCNC(=O)C(=O)Nc2ccc(N3CCN(C)CC3)cc2)cc1OC. The van der Waals surface area contributed by atoms with E-state index in [1.807, 2.05) is 42.5 Å².